The van der Waals surface area contributed by atoms with Crippen LogP contribution in [0.5, 0.6) is 5.75 Å². The molecule has 1 heterocycles. The molecule has 1 atom stereocenters. The minimum atomic E-state index is -3.72. The van der Waals surface area contributed by atoms with Crippen LogP contribution in [0, 0.1) is 0 Å². The predicted molar refractivity (Wildman–Crippen MR) is 82.5 cm³/mol. The van der Waals surface area contributed by atoms with Crippen LogP contribution in [0.3, 0.4) is 0 Å². The first kappa shape index (κ1) is 14.3. The summed E-state index contributed by atoms with van der Waals surface area (Å²) in [5.41, 5.74) is 1.20. The number of anilines is 1. The standard InChI is InChI=1S/C14H13N3O4S/c1-21-13-5-3-2-4-11(13)17-22(19,20)9-6-7-10-12(8-9)16-14(18)15-10/h2-9,17H,1H3,(H,16,18). The normalized spacial score (nSPS) is 19.9. The van der Waals surface area contributed by atoms with E-state index in [1.54, 1.807) is 24.3 Å². The molecule has 0 radical (unpaired) electrons. The molecule has 1 aromatic rings. The van der Waals surface area contributed by atoms with Crippen LogP contribution in [0.4, 0.5) is 10.5 Å². The number of aliphatic imine (C=N–C) groups is 1. The van der Waals surface area contributed by atoms with Crippen molar-refractivity contribution in [1.82, 2.24) is 5.32 Å². The molecule has 2 aliphatic rings. The minimum Gasteiger partial charge on any atom is -0.495 e. The molecule has 0 bridgehead atoms. The fourth-order valence-electron chi connectivity index (χ4n) is 2.18. The van der Waals surface area contributed by atoms with Gasteiger partial charge in [-0.05, 0) is 24.3 Å². The van der Waals surface area contributed by atoms with Crippen LogP contribution in [0.15, 0.2) is 53.2 Å². The van der Waals surface area contributed by atoms with Gasteiger partial charge < -0.3 is 10.1 Å². The van der Waals surface area contributed by atoms with Crippen LogP contribution in [0.2, 0.25) is 0 Å². The Hall–Kier alpha value is -2.61. The lowest BCUT2D eigenvalue weighted by Gasteiger charge is -2.17. The molecule has 8 heteroatoms. The Morgan fingerprint density at radius 2 is 2.09 bits per heavy atom. The number of rotatable bonds is 4. The lowest BCUT2D eigenvalue weighted by atomic mass is 10.1. The molecule has 1 aliphatic heterocycles. The molecule has 22 heavy (non-hydrogen) atoms. The van der Waals surface area contributed by atoms with Crippen molar-refractivity contribution in [3.05, 3.63) is 48.2 Å². The molecule has 1 aromatic carbocycles. The van der Waals surface area contributed by atoms with Crippen molar-refractivity contribution in [1.29, 1.82) is 0 Å². The van der Waals surface area contributed by atoms with Gasteiger partial charge in [0.1, 0.15) is 11.0 Å². The molecule has 0 saturated heterocycles. The van der Waals surface area contributed by atoms with Crippen LogP contribution in [0.25, 0.3) is 0 Å². The Morgan fingerprint density at radius 3 is 2.86 bits per heavy atom. The Balaban J connectivity index is 1.87. The first-order valence-electron chi connectivity index (χ1n) is 6.44. The molecule has 2 N–H and O–H groups in total. The van der Waals surface area contributed by atoms with Crippen LogP contribution >= 0.6 is 0 Å². The van der Waals surface area contributed by atoms with Gasteiger partial charge in [0.2, 0.25) is 10.0 Å². The molecule has 2 amide bonds. The maximum Gasteiger partial charge on any atom is 0.346 e. The van der Waals surface area contributed by atoms with Gasteiger partial charge in [-0.25, -0.2) is 13.2 Å². The number of methoxy groups -OCH3 is 1. The van der Waals surface area contributed by atoms with Gasteiger partial charge in [-0.15, -0.1) is 0 Å². The molecule has 0 aromatic heterocycles. The zero-order chi connectivity index (χ0) is 15.7. The average molecular weight is 319 g/mol. The number of sulfonamides is 1. The summed E-state index contributed by atoms with van der Waals surface area (Å²) in [5.74, 6) is 0.426. The van der Waals surface area contributed by atoms with E-state index in [2.05, 4.69) is 15.0 Å². The van der Waals surface area contributed by atoms with Crippen LogP contribution in [0.1, 0.15) is 0 Å². The number of carbonyl (C=O) groups is 1. The number of fused-ring (bicyclic) bond motifs is 1. The summed E-state index contributed by atoms with van der Waals surface area (Å²) >= 11 is 0. The predicted octanol–water partition coefficient (Wildman–Crippen LogP) is 1.42. The van der Waals surface area contributed by atoms with Gasteiger partial charge in [0, 0.05) is 0 Å². The zero-order valence-electron chi connectivity index (χ0n) is 11.6. The largest absolute Gasteiger partial charge is 0.495 e. The van der Waals surface area contributed by atoms with Crippen molar-refractivity contribution in [2.75, 3.05) is 11.8 Å². The third-order valence-electron chi connectivity index (χ3n) is 3.23. The second-order valence-corrected chi connectivity index (χ2v) is 6.52. The summed E-state index contributed by atoms with van der Waals surface area (Å²) in [5, 5.41) is 1.58. The molecular formula is C14H13N3O4S. The molecule has 0 fully saturated rings. The molecule has 0 spiro atoms. The van der Waals surface area contributed by atoms with Crippen LogP contribution < -0.4 is 14.8 Å². The van der Waals surface area contributed by atoms with E-state index in [0.29, 0.717) is 22.8 Å². The van der Waals surface area contributed by atoms with E-state index in [4.69, 9.17) is 4.74 Å². The summed E-state index contributed by atoms with van der Waals surface area (Å²) in [7, 11) is -2.26. The highest BCUT2D eigenvalue weighted by Crippen LogP contribution is 2.26. The second-order valence-electron chi connectivity index (χ2n) is 4.68. The Bertz CT molecular complexity index is 824. The van der Waals surface area contributed by atoms with Gasteiger partial charge >= 0.3 is 6.03 Å². The number of ether oxygens (including phenoxy) is 1. The van der Waals surface area contributed by atoms with E-state index >= 15 is 0 Å². The van der Waals surface area contributed by atoms with E-state index in [9.17, 15) is 13.2 Å². The van der Waals surface area contributed by atoms with Gasteiger partial charge in [0.05, 0.1) is 24.2 Å². The summed E-state index contributed by atoms with van der Waals surface area (Å²) in [4.78, 5) is 14.9. The molecule has 1 aliphatic carbocycles. The highest BCUT2D eigenvalue weighted by Gasteiger charge is 2.29. The van der Waals surface area contributed by atoms with Crippen molar-refractivity contribution < 1.29 is 17.9 Å². The monoisotopic (exact) mass is 319 g/mol. The first-order valence-corrected chi connectivity index (χ1v) is 7.99. The van der Waals surface area contributed by atoms with Gasteiger partial charge in [-0.2, -0.15) is 4.99 Å². The smallest absolute Gasteiger partial charge is 0.346 e. The molecule has 3 rings (SSSR count). The van der Waals surface area contributed by atoms with E-state index in [0.717, 1.165) is 0 Å². The number of amides is 2. The molecule has 7 nitrogen and oxygen atoms in total. The lowest BCUT2D eigenvalue weighted by Crippen LogP contribution is -2.29. The number of benzene rings is 1. The van der Waals surface area contributed by atoms with Crippen molar-refractivity contribution in [2.45, 2.75) is 5.25 Å². The van der Waals surface area contributed by atoms with Crippen molar-refractivity contribution in [3.63, 3.8) is 0 Å². The SMILES string of the molecule is COc1ccccc1NS(=O)(=O)C1C=CC2=NC(=O)NC2=C1. The van der Waals surface area contributed by atoms with Gasteiger partial charge in [-0.3, -0.25) is 4.72 Å². The quantitative estimate of drug-likeness (QED) is 0.877. The fourth-order valence-corrected chi connectivity index (χ4v) is 3.39. The number of nitrogens with one attached hydrogen (secondary N) is 2. The summed E-state index contributed by atoms with van der Waals surface area (Å²) < 4.78 is 32.6. The van der Waals surface area contributed by atoms with Crippen molar-refractivity contribution in [2.24, 2.45) is 4.99 Å². The maximum absolute atomic E-state index is 12.5. The average Bonchev–Trinajstić information content (AvgIpc) is 2.86. The summed E-state index contributed by atoms with van der Waals surface area (Å²) in [6.07, 6.45) is 4.43. The van der Waals surface area contributed by atoms with Crippen molar-refractivity contribution in [3.8, 4) is 5.75 Å². The highest BCUT2D eigenvalue weighted by molar-refractivity contribution is 7.93. The number of urea groups is 1. The fraction of sp³-hybridized carbons (Fsp3) is 0.143. The summed E-state index contributed by atoms with van der Waals surface area (Å²) in [6, 6.07) is 6.23. The Kier molecular flexibility index (Phi) is 3.45. The number of hydrogen-bond donors (Lipinski definition) is 2. The molecule has 1 unspecified atom stereocenters. The number of allylic oxidation sites excluding steroid dienone is 1. The number of carbonyl (C=O) groups excluding carboxylic acids is 1. The lowest BCUT2D eigenvalue weighted by molar-refractivity contribution is 0.253. The van der Waals surface area contributed by atoms with Crippen molar-refractivity contribution >= 4 is 27.5 Å². The van der Waals surface area contributed by atoms with E-state index in [1.165, 1.54) is 25.3 Å². The first-order chi connectivity index (χ1) is 10.5. The maximum atomic E-state index is 12.5. The minimum absolute atomic E-state index is 0.353. The van der Waals surface area contributed by atoms with E-state index in [-0.39, 0.29) is 0 Å². The molecule has 114 valence electrons. The number of hydrogen-bond acceptors (Lipinski definition) is 4. The summed E-state index contributed by atoms with van der Waals surface area (Å²) in [6.45, 7) is 0. The van der Waals surface area contributed by atoms with Gasteiger partial charge in [-0.1, -0.05) is 18.2 Å². The third kappa shape index (κ3) is 2.60. The van der Waals surface area contributed by atoms with E-state index in [1.807, 2.05) is 0 Å². The topological polar surface area (TPSA) is 96.9 Å². The van der Waals surface area contributed by atoms with Gasteiger partial charge in [0.25, 0.3) is 0 Å². The molecule has 0 saturated carbocycles. The Morgan fingerprint density at radius 1 is 1.32 bits per heavy atom. The van der Waals surface area contributed by atoms with Gasteiger partial charge in [0.15, 0.2) is 0 Å². The van der Waals surface area contributed by atoms with Crippen LogP contribution in [-0.4, -0.2) is 32.5 Å². The highest BCUT2D eigenvalue weighted by atomic mass is 32.2. The van der Waals surface area contributed by atoms with E-state index < -0.39 is 21.3 Å². The number of nitrogens with zero attached hydrogens (tertiary/aromatic N) is 1. The zero-order valence-corrected chi connectivity index (χ0v) is 12.4. The Labute approximate surface area is 127 Å². The number of para-hydroxylation sites is 2. The second kappa shape index (κ2) is 5.30. The van der Waals surface area contributed by atoms with Crippen LogP contribution in [-0.2, 0) is 10.0 Å². The third-order valence-corrected chi connectivity index (χ3v) is 4.75. The molecular weight excluding hydrogens is 306 g/mol.